The Labute approximate surface area is 102 Å². The molecule has 2 atom stereocenters. The van der Waals surface area contributed by atoms with Gasteiger partial charge in [0.25, 0.3) is 0 Å². The number of aromatic nitrogens is 1. The van der Waals surface area contributed by atoms with Crippen LogP contribution in [0.15, 0.2) is 18.3 Å². The second kappa shape index (κ2) is 5.53. The van der Waals surface area contributed by atoms with E-state index in [2.05, 4.69) is 11.9 Å². The highest BCUT2D eigenvalue weighted by atomic mass is 35.5. The molecule has 2 unspecified atom stereocenters. The fraction of sp³-hybridized carbons (Fsp3) is 0.615. The van der Waals surface area contributed by atoms with Gasteiger partial charge in [-0.25, -0.2) is 4.98 Å². The minimum Gasteiger partial charge on any atom is -0.474 e. The predicted octanol–water partition coefficient (Wildman–Crippen LogP) is 3.78. The summed E-state index contributed by atoms with van der Waals surface area (Å²) in [6.45, 7) is 2.26. The first-order valence-electron chi connectivity index (χ1n) is 5.97. The molecule has 1 heterocycles. The highest BCUT2D eigenvalue weighted by Gasteiger charge is 2.23. The molecular formula is C13H18ClNO. The molecule has 1 aromatic heterocycles. The minimum absolute atomic E-state index is 0.336. The average molecular weight is 240 g/mol. The number of ether oxygens (including phenoxy) is 1. The van der Waals surface area contributed by atoms with E-state index in [0.29, 0.717) is 17.9 Å². The van der Waals surface area contributed by atoms with Crippen LogP contribution in [0.4, 0.5) is 0 Å². The first-order valence-corrected chi connectivity index (χ1v) is 6.50. The molecule has 0 N–H and O–H groups in total. The molecule has 1 saturated carbocycles. The van der Waals surface area contributed by atoms with Gasteiger partial charge in [0.1, 0.15) is 6.10 Å². The maximum Gasteiger partial charge on any atom is 0.213 e. The molecule has 0 spiro atoms. The Bertz CT molecular complexity index is 325. The maximum atomic E-state index is 5.91. The average Bonchev–Trinajstić information content (AvgIpc) is 2.33. The molecule has 0 radical (unpaired) electrons. The molecule has 2 rings (SSSR count). The van der Waals surface area contributed by atoms with E-state index in [0.717, 1.165) is 17.9 Å². The van der Waals surface area contributed by atoms with Crippen LogP contribution in [0.25, 0.3) is 0 Å². The van der Waals surface area contributed by atoms with Crippen LogP contribution in [0, 0.1) is 5.92 Å². The van der Waals surface area contributed by atoms with E-state index in [-0.39, 0.29) is 0 Å². The van der Waals surface area contributed by atoms with Crippen LogP contribution in [0.2, 0.25) is 0 Å². The lowest BCUT2D eigenvalue weighted by Gasteiger charge is -2.28. The summed E-state index contributed by atoms with van der Waals surface area (Å²) in [6.07, 6.45) is 7.15. The van der Waals surface area contributed by atoms with Crippen LogP contribution in [-0.4, -0.2) is 11.1 Å². The maximum absolute atomic E-state index is 5.91. The number of alkyl halides is 1. The van der Waals surface area contributed by atoms with Crippen molar-refractivity contribution in [2.75, 3.05) is 0 Å². The molecule has 0 amide bonds. The molecule has 1 aliphatic carbocycles. The number of hydrogen-bond donors (Lipinski definition) is 0. The fourth-order valence-corrected chi connectivity index (χ4v) is 2.33. The Balaban J connectivity index is 1.96. The summed E-state index contributed by atoms with van der Waals surface area (Å²) < 4.78 is 5.91. The van der Waals surface area contributed by atoms with E-state index < -0.39 is 0 Å². The number of pyridine rings is 1. The molecular weight excluding hydrogens is 222 g/mol. The van der Waals surface area contributed by atoms with Gasteiger partial charge in [-0.1, -0.05) is 19.4 Å². The number of halogens is 1. The van der Waals surface area contributed by atoms with Crippen molar-refractivity contribution in [1.82, 2.24) is 4.98 Å². The second-order valence-electron chi connectivity index (χ2n) is 4.56. The third kappa shape index (κ3) is 2.88. The van der Waals surface area contributed by atoms with Crippen molar-refractivity contribution in [3.8, 4) is 5.88 Å². The lowest BCUT2D eigenvalue weighted by Crippen LogP contribution is -2.28. The first kappa shape index (κ1) is 11.7. The van der Waals surface area contributed by atoms with Gasteiger partial charge in [-0.2, -0.15) is 0 Å². The molecule has 2 nitrogen and oxygen atoms in total. The largest absolute Gasteiger partial charge is 0.474 e. The summed E-state index contributed by atoms with van der Waals surface area (Å²) in [4.78, 5) is 4.27. The first-order chi connectivity index (χ1) is 7.79. The normalized spacial score (nSPS) is 25.4. The van der Waals surface area contributed by atoms with Crippen LogP contribution in [0.1, 0.15) is 38.2 Å². The van der Waals surface area contributed by atoms with Crippen LogP contribution in [0.3, 0.4) is 0 Å². The Morgan fingerprint density at radius 2 is 2.19 bits per heavy atom. The minimum atomic E-state index is 0.336. The highest BCUT2D eigenvalue weighted by Crippen LogP contribution is 2.27. The molecule has 0 bridgehead atoms. The van der Waals surface area contributed by atoms with Crippen molar-refractivity contribution in [1.29, 1.82) is 0 Å². The molecule has 0 saturated heterocycles. The number of hydrogen-bond acceptors (Lipinski definition) is 2. The fourth-order valence-electron chi connectivity index (χ4n) is 2.17. The molecule has 1 fully saturated rings. The van der Waals surface area contributed by atoms with Gasteiger partial charge in [0.2, 0.25) is 5.88 Å². The van der Waals surface area contributed by atoms with Gasteiger partial charge in [0.15, 0.2) is 0 Å². The highest BCUT2D eigenvalue weighted by molar-refractivity contribution is 6.17. The van der Waals surface area contributed by atoms with E-state index in [9.17, 15) is 0 Å². The number of rotatable bonds is 3. The summed E-state index contributed by atoms with van der Waals surface area (Å²) in [5, 5.41) is 0. The number of nitrogens with zero attached hydrogens (tertiary/aromatic N) is 1. The van der Waals surface area contributed by atoms with Crippen LogP contribution >= 0.6 is 11.6 Å². The zero-order valence-corrected chi connectivity index (χ0v) is 10.4. The van der Waals surface area contributed by atoms with Crippen LogP contribution < -0.4 is 4.74 Å². The Morgan fingerprint density at radius 1 is 1.38 bits per heavy atom. The molecule has 0 aliphatic heterocycles. The van der Waals surface area contributed by atoms with Gasteiger partial charge in [-0.15, -0.1) is 11.6 Å². The van der Waals surface area contributed by atoms with Gasteiger partial charge in [-0.3, -0.25) is 0 Å². The molecule has 3 heteroatoms. The second-order valence-corrected chi connectivity index (χ2v) is 4.82. The van der Waals surface area contributed by atoms with Gasteiger partial charge in [-0.05, 0) is 30.7 Å². The summed E-state index contributed by atoms with van der Waals surface area (Å²) >= 11 is 5.71. The van der Waals surface area contributed by atoms with Crippen molar-refractivity contribution in [2.24, 2.45) is 5.92 Å². The Morgan fingerprint density at radius 3 is 2.81 bits per heavy atom. The van der Waals surface area contributed by atoms with E-state index in [1.165, 1.54) is 19.3 Å². The lowest BCUT2D eigenvalue weighted by molar-refractivity contribution is 0.0976. The van der Waals surface area contributed by atoms with Gasteiger partial charge < -0.3 is 4.74 Å². The van der Waals surface area contributed by atoms with Crippen molar-refractivity contribution < 1.29 is 4.74 Å². The quantitative estimate of drug-likeness (QED) is 0.749. The molecule has 88 valence electrons. The van der Waals surface area contributed by atoms with E-state index >= 15 is 0 Å². The van der Waals surface area contributed by atoms with Crippen molar-refractivity contribution >= 4 is 11.6 Å². The SMILES string of the molecule is CC1CCCCC1Oc1ccc(CCl)cn1. The zero-order chi connectivity index (χ0) is 11.4. The van der Waals surface area contributed by atoms with Crippen LogP contribution in [0.5, 0.6) is 5.88 Å². The van der Waals surface area contributed by atoms with Gasteiger partial charge in [0.05, 0.1) is 0 Å². The van der Waals surface area contributed by atoms with Gasteiger partial charge >= 0.3 is 0 Å². The van der Waals surface area contributed by atoms with Crippen molar-refractivity contribution in [3.05, 3.63) is 23.9 Å². The standard InChI is InChI=1S/C13H18ClNO/c1-10-4-2-3-5-12(10)16-13-7-6-11(8-14)9-15-13/h6-7,9-10,12H,2-5,8H2,1H3. The topological polar surface area (TPSA) is 22.1 Å². The zero-order valence-electron chi connectivity index (χ0n) is 9.66. The van der Waals surface area contributed by atoms with E-state index in [4.69, 9.17) is 16.3 Å². The smallest absolute Gasteiger partial charge is 0.213 e. The monoisotopic (exact) mass is 239 g/mol. The Kier molecular flexibility index (Phi) is 4.05. The van der Waals surface area contributed by atoms with Crippen molar-refractivity contribution in [3.63, 3.8) is 0 Å². The summed E-state index contributed by atoms with van der Waals surface area (Å²) in [6, 6.07) is 3.89. The molecule has 1 aromatic rings. The summed E-state index contributed by atoms with van der Waals surface area (Å²) in [5.41, 5.74) is 1.03. The summed E-state index contributed by atoms with van der Waals surface area (Å²) in [7, 11) is 0. The third-order valence-corrected chi connectivity index (χ3v) is 3.57. The predicted molar refractivity (Wildman–Crippen MR) is 65.8 cm³/mol. The van der Waals surface area contributed by atoms with E-state index in [1.54, 1.807) is 6.20 Å². The van der Waals surface area contributed by atoms with Crippen molar-refractivity contribution in [2.45, 2.75) is 44.6 Å². The van der Waals surface area contributed by atoms with E-state index in [1.807, 2.05) is 12.1 Å². The van der Waals surface area contributed by atoms with Crippen LogP contribution in [-0.2, 0) is 5.88 Å². The van der Waals surface area contributed by atoms with Gasteiger partial charge in [0, 0.05) is 18.1 Å². The third-order valence-electron chi connectivity index (χ3n) is 3.26. The summed E-state index contributed by atoms with van der Waals surface area (Å²) in [5.74, 6) is 1.88. The lowest BCUT2D eigenvalue weighted by atomic mass is 9.88. The molecule has 0 aromatic carbocycles. The molecule has 1 aliphatic rings. The Hall–Kier alpha value is -0.760. The molecule has 16 heavy (non-hydrogen) atoms.